The number of hydrogen-bond donors (Lipinski definition) is 0. The first-order valence-electron chi connectivity index (χ1n) is 5.51. The minimum absolute atomic E-state index is 0.257. The Balaban J connectivity index is 2.55. The Bertz CT molecular complexity index is 444. The molecule has 0 radical (unpaired) electrons. The predicted octanol–water partition coefficient (Wildman–Crippen LogP) is 2.36. The fourth-order valence-corrected chi connectivity index (χ4v) is 1.79. The van der Waals surface area contributed by atoms with Crippen LogP contribution < -0.4 is 4.90 Å². The van der Waals surface area contributed by atoms with Crippen LogP contribution in [0.25, 0.3) is 0 Å². The van der Waals surface area contributed by atoms with Gasteiger partial charge in [0, 0.05) is 27.7 Å². The average molecular weight is 243 g/mol. The van der Waals surface area contributed by atoms with E-state index in [4.69, 9.17) is 4.11 Å². The van der Waals surface area contributed by atoms with Crippen LogP contribution in [0.4, 0.5) is 5.69 Å². The molecule has 68 valence electrons. The van der Waals surface area contributed by atoms with Crippen molar-refractivity contribution in [1.82, 2.24) is 0 Å². The van der Waals surface area contributed by atoms with Crippen molar-refractivity contribution in [2.24, 2.45) is 0 Å². The number of hydrogen-bond acceptors (Lipinski definition) is 1. The van der Waals surface area contributed by atoms with Gasteiger partial charge >= 0.3 is 0 Å². The average Bonchev–Trinajstić information content (AvgIpc) is 2.14. The third kappa shape index (κ3) is 1.48. The summed E-state index contributed by atoms with van der Waals surface area (Å²) in [4.78, 5) is 12.6. The second kappa shape index (κ2) is 3.14. The van der Waals surface area contributed by atoms with E-state index in [0.29, 0.717) is 12.1 Å². The molecule has 13 heavy (non-hydrogen) atoms. The molecule has 0 N–H and O–H groups in total. The molecule has 0 bridgehead atoms. The molecule has 0 fully saturated rings. The third-order valence-electron chi connectivity index (χ3n) is 2.15. The molecular weight excluding hydrogens is 230 g/mol. The fraction of sp³-hybridized carbons (Fsp3) is 0.300. The molecule has 1 heterocycles. The number of carbonyl (C=O) groups excluding carboxylic acids is 1. The van der Waals surface area contributed by atoms with Crippen molar-refractivity contribution in [2.45, 2.75) is 12.8 Å². The Morgan fingerprint density at radius 2 is 2.38 bits per heavy atom. The highest BCUT2D eigenvalue weighted by atomic mass is 79.9. The van der Waals surface area contributed by atoms with E-state index >= 15 is 0 Å². The summed E-state index contributed by atoms with van der Waals surface area (Å²) in [6.45, 7) is -2.41. The number of fused-ring (bicyclic) bond motifs is 1. The van der Waals surface area contributed by atoms with Crippen LogP contribution in [0.5, 0.6) is 0 Å². The van der Waals surface area contributed by atoms with Crippen molar-refractivity contribution >= 4 is 27.5 Å². The molecule has 2 rings (SSSR count). The maximum atomic E-state index is 11.7. The first-order valence-corrected chi connectivity index (χ1v) is 4.80. The highest BCUT2D eigenvalue weighted by Gasteiger charge is 2.20. The standard InChI is InChI=1S/C10H10BrNO/c1-12-9-6-8(11)4-2-7(9)3-5-10(12)13/h2,4,6H,3,5H2,1H3/i1D3. The van der Waals surface area contributed by atoms with Gasteiger partial charge in [-0.15, -0.1) is 0 Å². The zero-order valence-corrected chi connectivity index (χ0v) is 8.47. The van der Waals surface area contributed by atoms with Crippen molar-refractivity contribution in [3.8, 4) is 0 Å². The molecule has 0 saturated heterocycles. The number of halogens is 1. The molecule has 1 aliphatic rings. The fourth-order valence-electron chi connectivity index (χ4n) is 1.44. The second-order valence-corrected chi connectivity index (χ2v) is 3.92. The van der Waals surface area contributed by atoms with Gasteiger partial charge in [0.25, 0.3) is 0 Å². The number of carbonyl (C=O) groups is 1. The minimum Gasteiger partial charge on any atom is -0.315 e. The summed E-state index contributed by atoms with van der Waals surface area (Å²) in [5.74, 6) is -0.342. The maximum Gasteiger partial charge on any atom is 0.227 e. The summed E-state index contributed by atoms with van der Waals surface area (Å²) >= 11 is 3.28. The first kappa shape index (κ1) is 5.81. The highest BCUT2D eigenvalue weighted by molar-refractivity contribution is 9.10. The van der Waals surface area contributed by atoms with E-state index in [1.54, 1.807) is 6.07 Å². The van der Waals surface area contributed by atoms with Crippen LogP contribution in [0, 0.1) is 0 Å². The molecule has 3 heteroatoms. The number of benzene rings is 1. The van der Waals surface area contributed by atoms with E-state index < -0.39 is 6.98 Å². The molecule has 1 aromatic rings. The number of aryl methyl sites for hydroxylation is 1. The zero-order valence-electron chi connectivity index (χ0n) is 9.88. The SMILES string of the molecule is [2H]C([2H])([2H])N1C(=O)CCc2ccc(Br)cc21. The molecule has 0 saturated carbocycles. The Hall–Kier alpha value is -0.830. The maximum absolute atomic E-state index is 11.7. The van der Waals surface area contributed by atoms with E-state index in [0.717, 1.165) is 14.9 Å². The summed E-state index contributed by atoms with van der Waals surface area (Å²) in [6, 6.07) is 5.38. The van der Waals surface area contributed by atoms with Gasteiger partial charge < -0.3 is 4.90 Å². The van der Waals surface area contributed by atoms with Crippen LogP contribution in [0.2, 0.25) is 0 Å². The topological polar surface area (TPSA) is 20.3 Å². The monoisotopic (exact) mass is 242 g/mol. The van der Waals surface area contributed by atoms with Crippen LogP contribution in [0.1, 0.15) is 16.1 Å². The Morgan fingerprint density at radius 3 is 3.15 bits per heavy atom. The van der Waals surface area contributed by atoms with Gasteiger partial charge in [0.2, 0.25) is 5.91 Å². The van der Waals surface area contributed by atoms with E-state index in [-0.39, 0.29) is 12.3 Å². The molecule has 0 spiro atoms. The van der Waals surface area contributed by atoms with Crippen molar-refractivity contribution in [3.63, 3.8) is 0 Å². The Kier molecular flexibility index (Phi) is 1.40. The van der Waals surface area contributed by atoms with Gasteiger partial charge in [0.15, 0.2) is 0 Å². The summed E-state index contributed by atoms with van der Waals surface area (Å²) in [5, 5.41) is 0. The van der Waals surface area contributed by atoms with Gasteiger partial charge in [-0.3, -0.25) is 4.79 Å². The lowest BCUT2D eigenvalue weighted by Crippen LogP contribution is -2.30. The zero-order chi connectivity index (χ0) is 11.9. The second-order valence-electron chi connectivity index (χ2n) is 3.00. The van der Waals surface area contributed by atoms with Gasteiger partial charge in [-0.25, -0.2) is 0 Å². The molecule has 0 aliphatic carbocycles. The van der Waals surface area contributed by atoms with Crippen molar-refractivity contribution in [2.75, 3.05) is 11.9 Å². The largest absolute Gasteiger partial charge is 0.315 e. The summed E-state index contributed by atoms with van der Waals surface area (Å²) < 4.78 is 22.9. The normalized spacial score (nSPS) is 20.2. The number of anilines is 1. The van der Waals surface area contributed by atoms with E-state index in [2.05, 4.69) is 15.9 Å². The van der Waals surface area contributed by atoms with Crippen LogP contribution in [-0.2, 0) is 11.2 Å². The smallest absolute Gasteiger partial charge is 0.227 e. The van der Waals surface area contributed by atoms with Gasteiger partial charge in [0.1, 0.15) is 0 Å². The van der Waals surface area contributed by atoms with Gasteiger partial charge in [-0.1, -0.05) is 22.0 Å². The van der Waals surface area contributed by atoms with Crippen LogP contribution in [0.3, 0.4) is 0 Å². The minimum atomic E-state index is -2.41. The van der Waals surface area contributed by atoms with Gasteiger partial charge in [-0.2, -0.15) is 0 Å². The predicted molar refractivity (Wildman–Crippen MR) is 55.9 cm³/mol. The van der Waals surface area contributed by atoms with Crippen LogP contribution in [0.15, 0.2) is 22.7 Å². The summed E-state index contributed by atoms with van der Waals surface area (Å²) in [6.07, 6.45) is 0.862. The molecule has 0 atom stereocenters. The van der Waals surface area contributed by atoms with Crippen LogP contribution >= 0.6 is 15.9 Å². The van der Waals surface area contributed by atoms with Crippen LogP contribution in [-0.4, -0.2) is 12.9 Å². The third-order valence-corrected chi connectivity index (χ3v) is 2.64. The molecular formula is C10H10BrNO. The molecule has 1 aromatic carbocycles. The number of nitrogens with zero attached hydrogens (tertiary/aromatic N) is 1. The summed E-state index contributed by atoms with van der Waals surface area (Å²) in [5.41, 5.74) is 1.39. The quantitative estimate of drug-likeness (QED) is 0.685. The van der Waals surface area contributed by atoms with Crippen molar-refractivity contribution in [3.05, 3.63) is 28.2 Å². The highest BCUT2D eigenvalue weighted by Crippen LogP contribution is 2.29. The number of amides is 1. The Labute approximate surface area is 89.9 Å². The lowest BCUT2D eigenvalue weighted by atomic mass is 10.0. The molecule has 1 aliphatic heterocycles. The number of rotatable bonds is 0. The molecule has 0 unspecified atom stereocenters. The van der Waals surface area contributed by atoms with Gasteiger partial charge in [0.05, 0.1) is 0 Å². The lowest BCUT2D eigenvalue weighted by Gasteiger charge is -2.25. The van der Waals surface area contributed by atoms with E-state index in [9.17, 15) is 4.79 Å². The van der Waals surface area contributed by atoms with Gasteiger partial charge in [-0.05, 0) is 24.1 Å². The first-order chi connectivity index (χ1) is 7.39. The van der Waals surface area contributed by atoms with Crippen molar-refractivity contribution in [1.29, 1.82) is 0 Å². The molecule has 2 nitrogen and oxygen atoms in total. The lowest BCUT2D eigenvalue weighted by molar-refractivity contribution is -0.118. The molecule has 0 aromatic heterocycles. The van der Waals surface area contributed by atoms with Crippen molar-refractivity contribution < 1.29 is 8.91 Å². The summed E-state index contributed by atoms with van der Waals surface area (Å²) in [7, 11) is 0. The molecule has 1 amide bonds. The van der Waals surface area contributed by atoms with E-state index in [1.165, 1.54) is 0 Å². The van der Waals surface area contributed by atoms with E-state index in [1.807, 2.05) is 12.1 Å². The Morgan fingerprint density at radius 1 is 1.54 bits per heavy atom.